The SMILES string of the molecule is O=c1[nH]c(C(Cl)=CC2=Cc3cc(Cl)ccc3OC2)nc2ccccc12. The summed E-state index contributed by atoms with van der Waals surface area (Å²) in [5.41, 5.74) is 2.11. The summed E-state index contributed by atoms with van der Waals surface area (Å²) in [6, 6.07) is 12.6. The first kappa shape index (κ1) is 15.9. The Morgan fingerprint density at radius 1 is 1.24 bits per heavy atom. The number of ether oxygens (including phenoxy) is 1. The fraction of sp³-hybridized carbons (Fsp3) is 0.0526. The minimum atomic E-state index is -0.224. The molecule has 25 heavy (non-hydrogen) atoms. The minimum Gasteiger partial charge on any atom is -0.488 e. The number of hydrogen-bond acceptors (Lipinski definition) is 3. The summed E-state index contributed by atoms with van der Waals surface area (Å²) >= 11 is 12.4. The molecule has 0 aliphatic carbocycles. The van der Waals surface area contributed by atoms with Crippen LogP contribution in [-0.4, -0.2) is 16.6 Å². The quantitative estimate of drug-likeness (QED) is 0.715. The lowest BCUT2D eigenvalue weighted by Gasteiger charge is -2.16. The van der Waals surface area contributed by atoms with Crippen molar-refractivity contribution in [3.63, 3.8) is 0 Å². The second kappa shape index (κ2) is 6.39. The van der Waals surface area contributed by atoms with Gasteiger partial charge in [-0.3, -0.25) is 4.79 Å². The summed E-state index contributed by atoms with van der Waals surface area (Å²) in [6.07, 6.45) is 3.69. The highest BCUT2D eigenvalue weighted by Crippen LogP contribution is 2.30. The molecule has 0 bridgehead atoms. The molecule has 1 aliphatic heterocycles. The third-order valence-corrected chi connectivity index (χ3v) is 4.38. The van der Waals surface area contributed by atoms with Gasteiger partial charge in [-0.1, -0.05) is 35.3 Å². The summed E-state index contributed by atoms with van der Waals surface area (Å²) in [7, 11) is 0. The van der Waals surface area contributed by atoms with Gasteiger partial charge in [-0.25, -0.2) is 4.98 Å². The van der Waals surface area contributed by atoms with Gasteiger partial charge in [-0.05, 0) is 48.1 Å². The van der Waals surface area contributed by atoms with E-state index in [0.717, 1.165) is 16.9 Å². The van der Waals surface area contributed by atoms with Gasteiger partial charge >= 0.3 is 0 Å². The van der Waals surface area contributed by atoms with Crippen LogP contribution in [0.2, 0.25) is 5.02 Å². The molecule has 6 heteroatoms. The Hall–Kier alpha value is -2.56. The van der Waals surface area contributed by atoms with Gasteiger partial charge in [-0.15, -0.1) is 0 Å². The van der Waals surface area contributed by atoms with Crippen LogP contribution in [0.3, 0.4) is 0 Å². The summed E-state index contributed by atoms with van der Waals surface area (Å²) in [4.78, 5) is 19.3. The molecule has 1 aromatic heterocycles. The number of H-pyrrole nitrogens is 1. The molecule has 2 aromatic carbocycles. The number of fused-ring (bicyclic) bond motifs is 2. The van der Waals surface area contributed by atoms with Gasteiger partial charge in [-0.2, -0.15) is 0 Å². The van der Waals surface area contributed by atoms with Crippen LogP contribution < -0.4 is 10.3 Å². The number of aromatic amines is 1. The van der Waals surface area contributed by atoms with Crippen LogP contribution in [-0.2, 0) is 0 Å². The van der Waals surface area contributed by atoms with E-state index in [1.165, 1.54) is 0 Å². The molecule has 3 aromatic rings. The average molecular weight is 371 g/mol. The predicted molar refractivity (Wildman–Crippen MR) is 101 cm³/mol. The highest BCUT2D eigenvalue weighted by atomic mass is 35.5. The van der Waals surface area contributed by atoms with Crippen LogP contribution in [0.4, 0.5) is 0 Å². The molecule has 0 radical (unpaired) electrons. The van der Waals surface area contributed by atoms with Crippen molar-refractivity contribution < 1.29 is 4.74 Å². The molecule has 4 rings (SSSR count). The molecular formula is C19H12Cl2N2O2. The molecule has 0 unspecified atom stereocenters. The smallest absolute Gasteiger partial charge is 0.259 e. The fourth-order valence-electron chi connectivity index (χ4n) is 2.68. The molecule has 0 fully saturated rings. The number of aromatic nitrogens is 2. The van der Waals surface area contributed by atoms with Gasteiger partial charge in [0.15, 0.2) is 5.82 Å². The summed E-state index contributed by atoms with van der Waals surface area (Å²) in [6.45, 7) is 0.378. The van der Waals surface area contributed by atoms with E-state index in [1.54, 1.807) is 30.3 Å². The van der Waals surface area contributed by atoms with E-state index in [4.69, 9.17) is 27.9 Å². The molecule has 124 valence electrons. The van der Waals surface area contributed by atoms with Gasteiger partial charge in [0.05, 0.1) is 15.9 Å². The topological polar surface area (TPSA) is 55.0 Å². The van der Waals surface area contributed by atoms with Gasteiger partial charge in [0.25, 0.3) is 5.56 Å². The van der Waals surface area contributed by atoms with Crippen LogP contribution >= 0.6 is 23.2 Å². The lowest BCUT2D eigenvalue weighted by atomic mass is 10.1. The summed E-state index contributed by atoms with van der Waals surface area (Å²) in [5.74, 6) is 1.10. The third kappa shape index (κ3) is 3.18. The van der Waals surface area contributed by atoms with Crippen LogP contribution in [0.1, 0.15) is 11.4 Å². The molecule has 4 nitrogen and oxygen atoms in total. The highest BCUT2D eigenvalue weighted by Gasteiger charge is 2.12. The Morgan fingerprint density at radius 3 is 2.96 bits per heavy atom. The van der Waals surface area contributed by atoms with Crippen molar-refractivity contribution in [3.05, 3.63) is 80.9 Å². The average Bonchev–Trinajstić information content (AvgIpc) is 2.61. The van der Waals surface area contributed by atoms with Crippen molar-refractivity contribution in [2.24, 2.45) is 0 Å². The van der Waals surface area contributed by atoms with E-state index in [-0.39, 0.29) is 5.56 Å². The Morgan fingerprint density at radius 2 is 2.08 bits per heavy atom. The molecule has 0 spiro atoms. The van der Waals surface area contributed by atoms with Crippen molar-refractivity contribution in [1.82, 2.24) is 9.97 Å². The maximum Gasteiger partial charge on any atom is 0.259 e. The molecule has 2 heterocycles. The van der Waals surface area contributed by atoms with Crippen LogP contribution in [0.5, 0.6) is 5.75 Å². The number of hydrogen-bond donors (Lipinski definition) is 1. The highest BCUT2D eigenvalue weighted by molar-refractivity contribution is 6.48. The fourth-order valence-corrected chi connectivity index (χ4v) is 3.09. The van der Waals surface area contributed by atoms with Gasteiger partial charge < -0.3 is 9.72 Å². The standard InChI is InChI=1S/C19H12Cl2N2O2/c20-13-5-6-17-12(9-13)7-11(10-25-17)8-15(21)18-22-16-4-2-1-3-14(16)19(24)23-18/h1-9H,10H2,(H,22,23,24). The van der Waals surface area contributed by atoms with E-state index < -0.39 is 0 Å². The van der Waals surface area contributed by atoms with E-state index in [0.29, 0.717) is 33.4 Å². The second-order valence-electron chi connectivity index (χ2n) is 5.61. The first-order valence-electron chi connectivity index (χ1n) is 7.60. The van der Waals surface area contributed by atoms with Crippen molar-refractivity contribution in [2.75, 3.05) is 6.61 Å². The predicted octanol–water partition coefficient (Wildman–Crippen LogP) is 4.63. The Balaban J connectivity index is 1.74. The number of para-hydroxylation sites is 1. The Kier molecular flexibility index (Phi) is 4.07. The number of nitrogens with zero attached hydrogens (tertiary/aromatic N) is 1. The van der Waals surface area contributed by atoms with Crippen molar-refractivity contribution in [3.8, 4) is 5.75 Å². The maximum atomic E-state index is 12.2. The largest absolute Gasteiger partial charge is 0.488 e. The van der Waals surface area contributed by atoms with Gasteiger partial charge in [0.1, 0.15) is 12.4 Å². The number of nitrogens with one attached hydrogen (secondary N) is 1. The molecular weight excluding hydrogens is 359 g/mol. The van der Waals surface area contributed by atoms with Gasteiger partial charge in [0, 0.05) is 10.6 Å². The second-order valence-corrected chi connectivity index (χ2v) is 6.46. The maximum absolute atomic E-state index is 12.2. The Bertz CT molecular complexity index is 1100. The molecule has 0 saturated carbocycles. The lowest BCUT2D eigenvalue weighted by molar-refractivity contribution is 0.351. The van der Waals surface area contributed by atoms with E-state index >= 15 is 0 Å². The van der Waals surface area contributed by atoms with Crippen molar-refractivity contribution >= 4 is 45.2 Å². The van der Waals surface area contributed by atoms with Crippen LogP contribution in [0.15, 0.2) is 58.9 Å². The molecule has 1 aliphatic rings. The molecule has 0 atom stereocenters. The van der Waals surface area contributed by atoms with E-state index in [9.17, 15) is 4.79 Å². The molecule has 0 saturated heterocycles. The summed E-state index contributed by atoms with van der Waals surface area (Å²) in [5, 5.41) is 1.50. The van der Waals surface area contributed by atoms with Crippen molar-refractivity contribution in [2.45, 2.75) is 0 Å². The molecule has 0 amide bonds. The third-order valence-electron chi connectivity index (χ3n) is 3.86. The van der Waals surface area contributed by atoms with E-state index in [2.05, 4.69) is 9.97 Å². The monoisotopic (exact) mass is 370 g/mol. The van der Waals surface area contributed by atoms with E-state index in [1.807, 2.05) is 24.3 Å². The van der Waals surface area contributed by atoms with Crippen LogP contribution in [0.25, 0.3) is 22.0 Å². The molecule has 1 N–H and O–H groups in total. The number of rotatable bonds is 2. The zero-order valence-electron chi connectivity index (χ0n) is 12.9. The van der Waals surface area contributed by atoms with Crippen molar-refractivity contribution in [1.29, 1.82) is 0 Å². The van der Waals surface area contributed by atoms with Gasteiger partial charge in [0.2, 0.25) is 0 Å². The van der Waals surface area contributed by atoms with Crippen LogP contribution in [0, 0.1) is 0 Å². The summed E-state index contributed by atoms with van der Waals surface area (Å²) < 4.78 is 5.70. The first-order valence-corrected chi connectivity index (χ1v) is 8.35. The lowest BCUT2D eigenvalue weighted by Crippen LogP contribution is -2.11. The zero-order valence-corrected chi connectivity index (χ0v) is 14.4. The Labute approximate surface area is 153 Å². The normalized spacial score (nSPS) is 14.0. The zero-order chi connectivity index (χ0) is 17.4. The number of halogens is 2. The minimum absolute atomic E-state index is 0.224. The first-order chi connectivity index (χ1) is 12.1. The number of benzene rings is 2.